The van der Waals surface area contributed by atoms with E-state index < -0.39 is 0 Å². The molecule has 0 saturated heterocycles. The number of halogens is 2. The summed E-state index contributed by atoms with van der Waals surface area (Å²) in [6.07, 6.45) is 1.80. The molecule has 0 amide bonds. The molecule has 4 aromatic rings. The SMILES string of the molecule is CCCc1n[nH]c(=S)n1NCc1c(OCc2c(Cl)cccc2Cl)ccc2ccccc12. The highest BCUT2D eigenvalue weighted by molar-refractivity contribution is 7.71. The minimum atomic E-state index is 0.274. The van der Waals surface area contributed by atoms with Crippen LogP contribution in [0.1, 0.15) is 30.3 Å². The second-order valence-corrected chi connectivity index (χ2v) is 8.32. The Balaban J connectivity index is 1.66. The van der Waals surface area contributed by atoms with Gasteiger partial charge in [0.1, 0.15) is 12.4 Å². The number of fused-ring (bicyclic) bond motifs is 1. The first-order valence-electron chi connectivity index (χ1n) is 10.0. The molecule has 0 aliphatic heterocycles. The second-order valence-electron chi connectivity index (χ2n) is 7.12. The van der Waals surface area contributed by atoms with Crippen molar-refractivity contribution in [1.82, 2.24) is 14.9 Å². The van der Waals surface area contributed by atoms with Gasteiger partial charge in [-0.15, -0.1) is 0 Å². The Bertz CT molecular complexity index is 1250. The molecule has 0 aliphatic carbocycles. The number of aromatic nitrogens is 3. The number of H-pyrrole nitrogens is 1. The van der Waals surface area contributed by atoms with Crippen molar-refractivity contribution >= 4 is 46.2 Å². The Morgan fingerprint density at radius 1 is 1.03 bits per heavy atom. The lowest BCUT2D eigenvalue weighted by Crippen LogP contribution is -2.18. The monoisotopic (exact) mass is 472 g/mol. The van der Waals surface area contributed by atoms with Crippen LogP contribution in [0.5, 0.6) is 5.75 Å². The smallest absolute Gasteiger partial charge is 0.214 e. The van der Waals surface area contributed by atoms with Crippen LogP contribution >= 0.6 is 35.4 Å². The van der Waals surface area contributed by atoms with E-state index in [0.717, 1.165) is 46.3 Å². The summed E-state index contributed by atoms with van der Waals surface area (Å²) in [6.45, 7) is 2.89. The van der Waals surface area contributed by atoms with E-state index in [0.29, 0.717) is 21.4 Å². The van der Waals surface area contributed by atoms with Gasteiger partial charge in [0.15, 0.2) is 5.82 Å². The molecular formula is C23H22Cl2N4OS. The van der Waals surface area contributed by atoms with Gasteiger partial charge in [-0.3, -0.25) is 5.10 Å². The normalized spacial score (nSPS) is 11.1. The fraction of sp³-hybridized carbons (Fsp3) is 0.217. The van der Waals surface area contributed by atoms with Gasteiger partial charge in [-0.1, -0.05) is 66.5 Å². The van der Waals surface area contributed by atoms with Gasteiger partial charge >= 0.3 is 0 Å². The summed E-state index contributed by atoms with van der Waals surface area (Å²) in [4.78, 5) is 0. The molecule has 0 bridgehead atoms. The van der Waals surface area contributed by atoms with Crippen molar-refractivity contribution in [3.8, 4) is 5.75 Å². The summed E-state index contributed by atoms with van der Waals surface area (Å²) in [5.74, 6) is 1.63. The fourth-order valence-electron chi connectivity index (χ4n) is 3.50. The summed E-state index contributed by atoms with van der Waals surface area (Å²) >= 11 is 18.0. The van der Waals surface area contributed by atoms with Crippen LogP contribution in [0.3, 0.4) is 0 Å². The lowest BCUT2D eigenvalue weighted by Gasteiger charge is -2.17. The maximum absolute atomic E-state index is 6.32. The van der Waals surface area contributed by atoms with Crippen molar-refractivity contribution in [3.05, 3.63) is 86.4 Å². The van der Waals surface area contributed by atoms with Crippen LogP contribution in [0.25, 0.3) is 10.8 Å². The van der Waals surface area contributed by atoms with Crippen LogP contribution in [0.15, 0.2) is 54.6 Å². The first kappa shape index (κ1) is 21.7. The van der Waals surface area contributed by atoms with Gasteiger partial charge in [0.25, 0.3) is 0 Å². The third-order valence-electron chi connectivity index (χ3n) is 5.06. The highest BCUT2D eigenvalue weighted by Gasteiger charge is 2.13. The van der Waals surface area contributed by atoms with E-state index in [1.807, 2.05) is 47.1 Å². The average Bonchev–Trinajstić information content (AvgIpc) is 3.11. The van der Waals surface area contributed by atoms with E-state index in [4.69, 9.17) is 40.2 Å². The number of ether oxygens (including phenoxy) is 1. The van der Waals surface area contributed by atoms with Crippen LogP contribution in [0.2, 0.25) is 10.0 Å². The van der Waals surface area contributed by atoms with Gasteiger partial charge in [0.2, 0.25) is 4.77 Å². The predicted octanol–water partition coefficient (Wildman–Crippen LogP) is 6.68. The maximum atomic E-state index is 6.32. The molecule has 3 aromatic carbocycles. The molecule has 2 N–H and O–H groups in total. The predicted molar refractivity (Wildman–Crippen MR) is 129 cm³/mol. The van der Waals surface area contributed by atoms with Gasteiger partial charge < -0.3 is 10.2 Å². The minimum Gasteiger partial charge on any atom is -0.488 e. The van der Waals surface area contributed by atoms with Gasteiger partial charge in [0.05, 0.1) is 6.54 Å². The Morgan fingerprint density at radius 3 is 2.58 bits per heavy atom. The summed E-state index contributed by atoms with van der Waals surface area (Å²) < 4.78 is 8.57. The van der Waals surface area contributed by atoms with Crippen LogP contribution in [0, 0.1) is 4.77 Å². The van der Waals surface area contributed by atoms with Gasteiger partial charge in [-0.05, 0) is 47.6 Å². The lowest BCUT2D eigenvalue weighted by atomic mass is 10.0. The van der Waals surface area contributed by atoms with E-state index in [-0.39, 0.29) is 6.61 Å². The van der Waals surface area contributed by atoms with Gasteiger partial charge in [-0.25, -0.2) is 4.68 Å². The molecule has 31 heavy (non-hydrogen) atoms. The Kier molecular flexibility index (Phi) is 6.80. The Hall–Kier alpha value is -2.54. The molecule has 5 nitrogen and oxygen atoms in total. The summed E-state index contributed by atoms with van der Waals surface area (Å²) in [5, 5.41) is 10.6. The van der Waals surface area contributed by atoms with E-state index in [2.05, 4.69) is 34.7 Å². The molecule has 0 unspecified atom stereocenters. The molecule has 0 spiro atoms. The second kappa shape index (κ2) is 9.73. The molecular weight excluding hydrogens is 451 g/mol. The number of aryl methyl sites for hydroxylation is 1. The Labute approximate surface area is 195 Å². The summed E-state index contributed by atoms with van der Waals surface area (Å²) in [7, 11) is 0. The quantitative estimate of drug-likeness (QED) is 0.281. The van der Waals surface area contributed by atoms with E-state index in [1.165, 1.54) is 0 Å². The van der Waals surface area contributed by atoms with Crippen molar-refractivity contribution in [3.63, 3.8) is 0 Å². The molecule has 1 heterocycles. The Morgan fingerprint density at radius 2 is 1.81 bits per heavy atom. The summed E-state index contributed by atoms with van der Waals surface area (Å²) in [6, 6.07) is 17.7. The zero-order chi connectivity index (χ0) is 21.8. The fourth-order valence-corrected chi connectivity index (χ4v) is 4.22. The lowest BCUT2D eigenvalue weighted by molar-refractivity contribution is 0.304. The van der Waals surface area contributed by atoms with E-state index >= 15 is 0 Å². The van der Waals surface area contributed by atoms with Gasteiger partial charge in [0, 0.05) is 27.6 Å². The zero-order valence-electron chi connectivity index (χ0n) is 17.0. The molecule has 1 aromatic heterocycles. The third-order valence-corrected chi connectivity index (χ3v) is 6.04. The minimum absolute atomic E-state index is 0.274. The zero-order valence-corrected chi connectivity index (χ0v) is 19.3. The first-order chi connectivity index (χ1) is 15.1. The van der Waals surface area contributed by atoms with Crippen LogP contribution in [-0.4, -0.2) is 14.9 Å². The highest BCUT2D eigenvalue weighted by atomic mass is 35.5. The third kappa shape index (κ3) is 4.71. The summed E-state index contributed by atoms with van der Waals surface area (Å²) in [5.41, 5.74) is 5.19. The van der Waals surface area contributed by atoms with Crippen LogP contribution < -0.4 is 10.2 Å². The topological polar surface area (TPSA) is 54.9 Å². The van der Waals surface area contributed by atoms with Crippen molar-refractivity contribution in [1.29, 1.82) is 0 Å². The van der Waals surface area contributed by atoms with E-state index in [1.54, 1.807) is 0 Å². The average molecular weight is 473 g/mol. The number of hydrogen-bond acceptors (Lipinski definition) is 4. The van der Waals surface area contributed by atoms with Crippen LogP contribution in [0.4, 0.5) is 0 Å². The molecule has 0 radical (unpaired) electrons. The number of benzene rings is 3. The molecule has 160 valence electrons. The highest BCUT2D eigenvalue weighted by Crippen LogP contribution is 2.31. The molecule has 4 rings (SSSR count). The molecule has 0 aliphatic rings. The van der Waals surface area contributed by atoms with Crippen molar-refractivity contribution in [2.45, 2.75) is 32.9 Å². The number of nitrogens with zero attached hydrogens (tertiary/aromatic N) is 2. The van der Waals surface area contributed by atoms with E-state index in [9.17, 15) is 0 Å². The molecule has 8 heteroatoms. The number of aromatic amines is 1. The molecule has 0 saturated carbocycles. The standard InChI is InChI=1S/C23H22Cl2N4OS/c1-2-6-22-27-28-23(31)29(22)26-13-17-16-8-4-3-7-15(16)11-12-21(17)30-14-18-19(24)9-5-10-20(18)25/h3-5,7-12,26H,2,6,13-14H2,1H3,(H,28,31). The van der Waals surface area contributed by atoms with Gasteiger partial charge in [-0.2, -0.15) is 5.10 Å². The first-order valence-corrected chi connectivity index (χ1v) is 11.2. The molecule has 0 fully saturated rings. The maximum Gasteiger partial charge on any atom is 0.214 e. The number of rotatable bonds is 8. The van der Waals surface area contributed by atoms with Crippen LogP contribution in [-0.2, 0) is 19.6 Å². The van der Waals surface area contributed by atoms with Crippen molar-refractivity contribution in [2.24, 2.45) is 0 Å². The number of hydrogen-bond donors (Lipinski definition) is 2. The van der Waals surface area contributed by atoms with Crippen molar-refractivity contribution < 1.29 is 4.74 Å². The van der Waals surface area contributed by atoms with Crippen molar-refractivity contribution in [2.75, 3.05) is 5.43 Å². The largest absolute Gasteiger partial charge is 0.488 e. The number of nitrogens with one attached hydrogen (secondary N) is 2. The molecule has 0 atom stereocenters.